The summed E-state index contributed by atoms with van der Waals surface area (Å²) in [6.45, 7) is 6.68. The van der Waals surface area contributed by atoms with Crippen molar-refractivity contribution < 1.29 is 33.3 Å². The van der Waals surface area contributed by atoms with Crippen molar-refractivity contribution in [3.63, 3.8) is 0 Å². The second-order valence-corrected chi connectivity index (χ2v) is 11.0. The Morgan fingerprint density at radius 1 is 0.705 bits per heavy atom. The van der Waals surface area contributed by atoms with Crippen LogP contribution in [0.1, 0.15) is 32.2 Å². The molecule has 0 bridgehead atoms. The molecule has 0 atom stereocenters. The third kappa shape index (κ3) is 6.23. The number of pyridine rings is 1. The SMILES string of the molecule is CC(C)(C)c1ccc(-c2cnc3c4[c-]cccc4c4ccccc4c3n2)cc1.FC(F)(F)c1n[n-]c(-c2ccccn2)n1.[Ir]. The van der Waals surface area contributed by atoms with E-state index in [4.69, 9.17) is 9.97 Å². The van der Waals surface area contributed by atoms with E-state index in [1.54, 1.807) is 12.1 Å². The van der Waals surface area contributed by atoms with E-state index in [0.717, 1.165) is 33.1 Å². The van der Waals surface area contributed by atoms with E-state index < -0.39 is 12.0 Å². The van der Waals surface area contributed by atoms with Crippen molar-refractivity contribution in [3.05, 3.63) is 115 Å². The topological polar surface area (TPSA) is 78.5 Å². The molecule has 0 saturated heterocycles. The maximum atomic E-state index is 12.1. The van der Waals surface area contributed by atoms with Crippen molar-refractivity contribution in [1.29, 1.82) is 0 Å². The zero-order valence-corrected chi connectivity index (χ0v) is 26.3. The number of hydrogen-bond donors (Lipinski definition) is 0. The molecule has 7 rings (SSSR count). The Morgan fingerprint density at radius 3 is 2.07 bits per heavy atom. The second kappa shape index (κ2) is 12.2. The van der Waals surface area contributed by atoms with Gasteiger partial charge in [0, 0.05) is 43.6 Å². The van der Waals surface area contributed by atoms with Crippen LogP contribution in [0.3, 0.4) is 0 Å². The van der Waals surface area contributed by atoms with Crippen molar-refractivity contribution in [1.82, 2.24) is 30.1 Å². The van der Waals surface area contributed by atoms with E-state index in [2.05, 4.69) is 102 Å². The van der Waals surface area contributed by atoms with Gasteiger partial charge in [-0.25, -0.2) is 0 Å². The Kier molecular flexibility index (Phi) is 8.59. The minimum absolute atomic E-state index is 0. The standard InChI is InChI=1S/C26H21N2.C8H4F3N4.Ir/c1-26(2,3)18-14-12-17(13-15-18)23-16-27-24-21-10-6-4-8-19(21)20-9-5-7-11-22(20)25(24)28-23;9-8(10,11)7-13-6(14-15-7)5-3-1-2-4-12-5;/h4-9,11-16H,1-3H3;1-4H;/q2*-1;. The van der Waals surface area contributed by atoms with Crippen molar-refractivity contribution in [3.8, 4) is 22.8 Å². The van der Waals surface area contributed by atoms with Crippen LogP contribution in [0.15, 0.2) is 97.3 Å². The number of halogens is 3. The Bertz CT molecular complexity index is 2020. The molecule has 6 nitrogen and oxygen atoms in total. The minimum Gasteiger partial charge on any atom is -0.413 e. The molecule has 7 aromatic rings. The summed E-state index contributed by atoms with van der Waals surface area (Å²) >= 11 is 0. The minimum atomic E-state index is -4.57. The largest absolute Gasteiger partial charge is 0.429 e. The first kappa shape index (κ1) is 30.9. The van der Waals surface area contributed by atoms with Crippen molar-refractivity contribution in [2.24, 2.45) is 0 Å². The number of fused-ring (bicyclic) bond motifs is 6. The molecule has 0 spiro atoms. The number of alkyl halides is 3. The summed E-state index contributed by atoms with van der Waals surface area (Å²) in [6.07, 6.45) is -1.25. The van der Waals surface area contributed by atoms with Crippen LogP contribution in [0, 0.1) is 6.07 Å². The number of rotatable bonds is 2. The average molecular weight is 767 g/mol. The van der Waals surface area contributed by atoms with Gasteiger partial charge in [-0.15, -0.1) is 29.7 Å². The fourth-order valence-electron chi connectivity index (χ4n) is 4.78. The zero-order valence-electron chi connectivity index (χ0n) is 23.9. The number of nitrogens with zero attached hydrogens (tertiary/aromatic N) is 6. The predicted molar refractivity (Wildman–Crippen MR) is 161 cm³/mol. The van der Waals surface area contributed by atoms with Gasteiger partial charge in [0.25, 0.3) is 0 Å². The third-order valence-corrected chi connectivity index (χ3v) is 6.98. The van der Waals surface area contributed by atoms with Gasteiger partial charge in [0.2, 0.25) is 0 Å². The van der Waals surface area contributed by atoms with Gasteiger partial charge < -0.3 is 15.1 Å². The third-order valence-electron chi connectivity index (χ3n) is 6.98. The summed E-state index contributed by atoms with van der Waals surface area (Å²) in [5.41, 5.74) is 5.54. The van der Waals surface area contributed by atoms with Gasteiger partial charge in [-0.05, 0) is 34.3 Å². The van der Waals surface area contributed by atoms with Crippen LogP contribution in [0.5, 0.6) is 0 Å². The summed E-state index contributed by atoms with van der Waals surface area (Å²) in [5.74, 6) is -1.37. The average Bonchev–Trinajstić information content (AvgIpc) is 3.53. The monoisotopic (exact) mass is 767 g/mol. The molecule has 3 aromatic heterocycles. The van der Waals surface area contributed by atoms with Crippen LogP contribution < -0.4 is 5.10 Å². The van der Waals surface area contributed by atoms with Gasteiger partial charge in [-0.3, -0.25) is 15.1 Å². The Morgan fingerprint density at radius 2 is 1.41 bits per heavy atom. The van der Waals surface area contributed by atoms with E-state index in [1.165, 1.54) is 28.6 Å². The molecule has 10 heteroatoms. The second-order valence-electron chi connectivity index (χ2n) is 11.0. The molecule has 0 N–H and O–H groups in total. The van der Waals surface area contributed by atoms with E-state index >= 15 is 0 Å². The maximum Gasteiger partial charge on any atom is 0.429 e. The van der Waals surface area contributed by atoms with E-state index in [1.807, 2.05) is 18.3 Å². The summed E-state index contributed by atoms with van der Waals surface area (Å²) in [6, 6.07) is 31.3. The molecule has 0 unspecified atom stereocenters. The summed E-state index contributed by atoms with van der Waals surface area (Å²) in [4.78, 5) is 16.9. The first-order chi connectivity index (χ1) is 20.6. The molecule has 4 aromatic carbocycles. The number of benzene rings is 4. The quantitative estimate of drug-likeness (QED) is 0.131. The molecule has 1 radical (unpaired) electrons. The summed E-state index contributed by atoms with van der Waals surface area (Å²) < 4.78 is 36.4. The molecule has 223 valence electrons. The molecule has 0 aliphatic heterocycles. The molecule has 0 aliphatic carbocycles. The fraction of sp³-hybridized carbons (Fsp3) is 0.147. The van der Waals surface area contributed by atoms with Crippen LogP contribution in [-0.2, 0) is 31.7 Å². The number of hydrogen-bond acceptors (Lipinski definition) is 5. The molecule has 0 amide bonds. The molecular weight excluding hydrogens is 742 g/mol. The summed E-state index contributed by atoms with van der Waals surface area (Å²) in [5, 5.41) is 10.8. The van der Waals surface area contributed by atoms with Crippen molar-refractivity contribution in [2.75, 3.05) is 0 Å². The van der Waals surface area contributed by atoms with Crippen molar-refractivity contribution >= 4 is 32.6 Å². The molecule has 0 fully saturated rings. The first-order valence-electron chi connectivity index (χ1n) is 13.5. The van der Waals surface area contributed by atoms with Crippen LogP contribution >= 0.6 is 0 Å². The molecular formula is C34H25F3IrN6-2. The van der Waals surface area contributed by atoms with Crippen LogP contribution in [0.2, 0.25) is 0 Å². The van der Waals surface area contributed by atoms with Crippen LogP contribution in [-0.4, -0.2) is 25.0 Å². The zero-order chi connectivity index (χ0) is 30.2. The predicted octanol–water partition coefficient (Wildman–Crippen LogP) is 8.21. The van der Waals surface area contributed by atoms with E-state index in [9.17, 15) is 13.2 Å². The molecule has 0 saturated carbocycles. The van der Waals surface area contributed by atoms with E-state index in [0.29, 0.717) is 0 Å². The Labute approximate surface area is 265 Å². The normalized spacial score (nSPS) is 11.7. The Hall–Kier alpha value is -4.53. The van der Waals surface area contributed by atoms with Crippen LogP contribution in [0.4, 0.5) is 13.2 Å². The molecule has 3 heterocycles. The number of aromatic nitrogens is 6. The van der Waals surface area contributed by atoms with Gasteiger partial charge in [0.1, 0.15) is 5.82 Å². The first-order valence-corrected chi connectivity index (χ1v) is 13.5. The molecule has 44 heavy (non-hydrogen) atoms. The molecule has 0 aliphatic rings. The Balaban J connectivity index is 0.000000204. The van der Waals surface area contributed by atoms with Gasteiger partial charge in [-0.1, -0.05) is 86.1 Å². The van der Waals surface area contributed by atoms with Gasteiger partial charge in [0.05, 0.1) is 16.9 Å². The van der Waals surface area contributed by atoms with Crippen molar-refractivity contribution in [2.45, 2.75) is 32.4 Å². The smallest absolute Gasteiger partial charge is 0.413 e. The van der Waals surface area contributed by atoms with Gasteiger partial charge in [-0.2, -0.15) is 13.2 Å². The van der Waals surface area contributed by atoms with Crippen LogP contribution in [0.25, 0.3) is 55.4 Å². The maximum absolute atomic E-state index is 12.1. The van der Waals surface area contributed by atoms with Gasteiger partial charge in [0.15, 0.2) is 0 Å². The van der Waals surface area contributed by atoms with Gasteiger partial charge >= 0.3 is 6.18 Å². The fourth-order valence-corrected chi connectivity index (χ4v) is 4.78. The summed E-state index contributed by atoms with van der Waals surface area (Å²) in [7, 11) is 0. The van der Waals surface area contributed by atoms with E-state index in [-0.39, 0.29) is 37.0 Å².